The Hall–Kier alpha value is -4.41. The lowest BCUT2D eigenvalue weighted by Crippen LogP contribution is -2.38. The van der Waals surface area contributed by atoms with Gasteiger partial charge in [-0.1, -0.05) is 30.3 Å². The molecule has 6 rings (SSSR count). The minimum absolute atomic E-state index is 0.0553. The number of carbonyl (C=O) groups excluding carboxylic acids is 2. The van der Waals surface area contributed by atoms with Crippen LogP contribution in [0.3, 0.4) is 0 Å². The van der Waals surface area contributed by atoms with Crippen LogP contribution in [0.4, 0.5) is 0 Å². The number of benzene rings is 1. The summed E-state index contributed by atoms with van der Waals surface area (Å²) in [6.45, 7) is 3.30. The van der Waals surface area contributed by atoms with E-state index < -0.39 is 0 Å². The number of aromatic nitrogens is 5. The number of fused-ring (bicyclic) bond motifs is 5. The lowest BCUT2D eigenvalue weighted by atomic mass is 10.1. The van der Waals surface area contributed by atoms with Gasteiger partial charge in [0.15, 0.2) is 11.4 Å². The number of ether oxygens (including phenoxy) is 2. The van der Waals surface area contributed by atoms with E-state index in [-0.39, 0.29) is 23.9 Å². The largest absolute Gasteiger partial charge is 0.490 e. The molecule has 1 aromatic carbocycles. The van der Waals surface area contributed by atoms with Crippen molar-refractivity contribution in [2.45, 2.75) is 44.8 Å². The van der Waals surface area contributed by atoms with E-state index in [2.05, 4.69) is 10.4 Å². The number of nitrogens with zero attached hydrogens (tertiary/aromatic N) is 6. The number of hydrogen-bond acceptors (Lipinski definition) is 7. The van der Waals surface area contributed by atoms with E-state index >= 15 is 0 Å². The Kier molecular flexibility index (Phi) is 6.18. The Balaban J connectivity index is 1.40. The van der Waals surface area contributed by atoms with E-state index in [1.807, 2.05) is 42.2 Å². The number of aryl methyl sites for hydroxylation is 1. The van der Waals surface area contributed by atoms with Crippen molar-refractivity contribution < 1.29 is 19.1 Å². The van der Waals surface area contributed by atoms with Gasteiger partial charge in [-0.3, -0.25) is 14.3 Å². The number of hydrogen-bond donors (Lipinski definition) is 1. The van der Waals surface area contributed by atoms with Crippen LogP contribution < -0.4 is 14.8 Å². The van der Waals surface area contributed by atoms with Crippen molar-refractivity contribution >= 4 is 17.5 Å². The molecule has 2 aliphatic rings. The maximum Gasteiger partial charge on any atom is 0.270 e. The van der Waals surface area contributed by atoms with Crippen molar-refractivity contribution in [1.29, 1.82) is 0 Å². The second kappa shape index (κ2) is 9.81. The molecule has 196 valence electrons. The second-order valence-electron chi connectivity index (χ2n) is 9.63. The van der Waals surface area contributed by atoms with Crippen LogP contribution in [-0.4, -0.2) is 67.4 Å². The fraction of sp³-hybridized carbons (Fsp3) is 0.370. The lowest BCUT2D eigenvalue weighted by molar-refractivity contribution is -0.129. The zero-order valence-corrected chi connectivity index (χ0v) is 21.3. The maximum atomic E-state index is 13.5. The lowest BCUT2D eigenvalue weighted by Gasteiger charge is -2.25. The predicted octanol–water partition coefficient (Wildman–Crippen LogP) is 2.87. The van der Waals surface area contributed by atoms with Gasteiger partial charge in [0.05, 0.1) is 42.8 Å². The third kappa shape index (κ3) is 4.33. The highest BCUT2D eigenvalue weighted by Gasteiger charge is 2.32. The quantitative estimate of drug-likeness (QED) is 0.444. The molecule has 1 saturated heterocycles. The molecule has 2 amide bonds. The second-order valence-corrected chi connectivity index (χ2v) is 9.63. The summed E-state index contributed by atoms with van der Waals surface area (Å²) in [5.41, 5.74) is 3.24. The van der Waals surface area contributed by atoms with Crippen molar-refractivity contribution in [2.75, 3.05) is 20.3 Å². The van der Waals surface area contributed by atoms with Crippen LogP contribution in [0, 0.1) is 0 Å². The van der Waals surface area contributed by atoms with Gasteiger partial charge in [0.25, 0.3) is 11.8 Å². The Bertz CT molecular complexity index is 1500. The van der Waals surface area contributed by atoms with Crippen LogP contribution in [0.2, 0.25) is 0 Å². The summed E-state index contributed by atoms with van der Waals surface area (Å²) in [5, 5.41) is 12.3. The normalized spacial score (nSPS) is 18.1. The predicted molar refractivity (Wildman–Crippen MR) is 138 cm³/mol. The molecule has 2 atom stereocenters. The zero-order chi connectivity index (χ0) is 26.2. The molecule has 3 aromatic heterocycles. The molecule has 2 aliphatic heterocycles. The molecule has 0 radical (unpaired) electrons. The fourth-order valence-corrected chi connectivity index (χ4v) is 5.14. The van der Waals surface area contributed by atoms with Gasteiger partial charge in [-0.25, -0.2) is 4.52 Å². The van der Waals surface area contributed by atoms with E-state index in [1.54, 1.807) is 34.8 Å². The van der Waals surface area contributed by atoms with E-state index in [1.165, 1.54) is 0 Å². The Labute approximate surface area is 219 Å². The van der Waals surface area contributed by atoms with Crippen LogP contribution in [0.5, 0.6) is 11.6 Å². The minimum Gasteiger partial charge on any atom is -0.490 e. The average Bonchev–Trinajstić information content (AvgIpc) is 3.64. The van der Waals surface area contributed by atoms with Crippen LogP contribution in [0.25, 0.3) is 16.9 Å². The first kappa shape index (κ1) is 24.0. The highest BCUT2D eigenvalue weighted by molar-refractivity contribution is 5.94. The number of rotatable bonds is 4. The van der Waals surface area contributed by atoms with Gasteiger partial charge in [-0.15, -0.1) is 0 Å². The van der Waals surface area contributed by atoms with Crippen LogP contribution in [0.15, 0.2) is 48.8 Å². The van der Waals surface area contributed by atoms with Crippen molar-refractivity contribution in [3.05, 3.63) is 60.0 Å². The fourth-order valence-electron chi connectivity index (χ4n) is 5.14. The van der Waals surface area contributed by atoms with Crippen molar-refractivity contribution in [3.63, 3.8) is 0 Å². The molecule has 1 fully saturated rings. The smallest absolute Gasteiger partial charge is 0.270 e. The van der Waals surface area contributed by atoms with Gasteiger partial charge in [-0.2, -0.15) is 15.2 Å². The SMILES string of the molecule is COc1cn2ncc3c2nc1OC[C@@H]1CCC(=O)N1CCCn1nc-3cc1C(=O)N[C@H](C)c1ccccc1. The molecular formula is C27H29N7O4. The number of amides is 2. The molecule has 0 spiro atoms. The first-order valence-corrected chi connectivity index (χ1v) is 12.8. The van der Waals surface area contributed by atoms with E-state index in [0.717, 1.165) is 12.0 Å². The Morgan fingerprint density at radius 1 is 1.24 bits per heavy atom. The summed E-state index contributed by atoms with van der Waals surface area (Å²) < 4.78 is 14.9. The Morgan fingerprint density at radius 3 is 2.89 bits per heavy atom. The monoisotopic (exact) mass is 515 g/mol. The summed E-state index contributed by atoms with van der Waals surface area (Å²) in [6.07, 6.45) is 5.24. The molecule has 1 N–H and O–H groups in total. The van der Waals surface area contributed by atoms with Crippen molar-refractivity contribution in [2.24, 2.45) is 0 Å². The average molecular weight is 516 g/mol. The summed E-state index contributed by atoms with van der Waals surface area (Å²) >= 11 is 0. The first-order chi connectivity index (χ1) is 18.5. The molecule has 38 heavy (non-hydrogen) atoms. The van der Waals surface area contributed by atoms with Crippen LogP contribution in [-0.2, 0) is 11.3 Å². The van der Waals surface area contributed by atoms with Gasteiger partial charge in [-0.05, 0) is 31.4 Å². The molecule has 4 aromatic rings. The molecule has 11 heteroatoms. The highest BCUT2D eigenvalue weighted by atomic mass is 16.5. The van der Waals surface area contributed by atoms with E-state index in [4.69, 9.17) is 19.6 Å². The number of methoxy groups -OCH3 is 1. The molecular weight excluding hydrogens is 486 g/mol. The first-order valence-electron chi connectivity index (χ1n) is 12.8. The molecule has 5 heterocycles. The molecule has 0 saturated carbocycles. The van der Waals surface area contributed by atoms with E-state index in [0.29, 0.717) is 66.8 Å². The summed E-state index contributed by atoms with van der Waals surface area (Å²) in [4.78, 5) is 32.6. The van der Waals surface area contributed by atoms with Crippen molar-refractivity contribution in [1.82, 2.24) is 34.6 Å². The van der Waals surface area contributed by atoms with Gasteiger partial charge < -0.3 is 19.7 Å². The van der Waals surface area contributed by atoms with Gasteiger partial charge in [0, 0.05) is 19.5 Å². The summed E-state index contributed by atoms with van der Waals surface area (Å²) in [6, 6.07) is 11.3. The van der Waals surface area contributed by atoms with Gasteiger partial charge in [0.1, 0.15) is 12.3 Å². The third-order valence-electron chi connectivity index (χ3n) is 7.22. The van der Waals surface area contributed by atoms with Gasteiger partial charge >= 0.3 is 0 Å². The van der Waals surface area contributed by atoms with Crippen molar-refractivity contribution in [3.8, 4) is 22.9 Å². The zero-order valence-electron chi connectivity index (χ0n) is 21.3. The van der Waals surface area contributed by atoms with Crippen LogP contribution in [0.1, 0.15) is 48.3 Å². The third-order valence-corrected chi connectivity index (χ3v) is 7.22. The minimum atomic E-state index is -0.227. The summed E-state index contributed by atoms with van der Waals surface area (Å²) in [5.74, 6) is 0.646. The van der Waals surface area contributed by atoms with E-state index in [9.17, 15) is 9.59 Å². The molecule has 4 bridgehead atoms. The standard InChI is InChI=1S/C27H29N7O4/c1-17(18-7-4-3-5-8-18)29-26(36)22-13-21-20-14-28-34-15-23(37-2)27(30-25(20)34)38-16-19-9-10-24(35)32(19)11-6-12-33(22)31-21/h3-5,7-8,13-15,17,19H,6,9-12,16H2,1-2H3,(H,29,36)/t17-,19+/m1/s1. The molecule has 0 unspecified atom stereocenters. The topological polar surface area (TPSA) is 116 Å². The highest BCUT2D eigenvalue weighted by Crippen LogP contribution is 2.31. The molecule has 11 nitrogen and oxygen atoms in total. The summed E-state index contributed by atoms with van der Waals surface area (Å²) in [7, 11) is 1.55. The molecule has 0 aliphatic carbocycles. The number of nitrogens with one attached hydrogen (secondary N) is 1. The number of carbonyl (C=O) groups is 2. The Morgan fingerprint density at radius 2 is 2.08 bits per heavy atom. The van der Waals surface area contributed by atoms with Gasteiger partial charge in [0.2, 0.25) is 5.91 Å². The maximum absolute atomic E-state index is 13.5. The van der Waals surface area contributed by atoms with Crippen LogP contribution >= 0.6 is 0 Å².